The molecule has 1 rings (SSSR count). The highest BCUT2D eigenvalue weighted by molar-refractivity contribution is 8.13. The summed E-state index contributed by atoms with van der Waals surface area (Å²) in [7, 11) is 1.71. The van der Waals surface area contributed by atoms with Crippen LogP contribution in [0.1, 0.15) is 19.3 Å². The van der Waals surface area contributed by atoms with Crippen molar-refractivity contribution in [2.24, 2.45) is 10.7 Å². The van der Waals surface area contributed by atoms with Crippen LogP contribution >= 0.6 is 24.2 Å². The van der Waals surface area contributed by atoms with E-state index in [0.29, 0.717) is 11.3 Å². The Hall–Kier alpha value is 0.0700. The lowest BCUT2D eigenvalue weighted by Crippen LogP contribution is -2.23. The zero-order valence-electron chi connectivity index (χ0n) is 7.86. The first-order chi connectivity index (χ1) is 5.83. The van der Waals surface area contributed by atoms with E-state index in [-0.39, 0.29) is 12.4 Å². The van der Waals surface area contributed by atoms with Gasteiger partial charge in [-0.15, -0.1) is 12.4 Å². The van der Waals surface area contributed by atoms with Crippen molar-refractivity contribution in [3.05, 3.63) is 0 Å². The SMILES string of the molecule is CN=C(N)SCC1CCCCO1.Cl. The summed E-state index contributed by atoms with van der Waals surface area (Å²) in [5.74, 6) is 0.948. The highest BCUT2D eigenvalue weighted by Gasteiger charge is 2.13. The quantitative estimate of drug-likeness (QED) is 0.573. The third-order valence-electron chi connectivity index (χ3n) is 1.91. The minimum absolute atomic E-state index is 0. The number of nitrogens with two attached hydrogens (primary N) is 1. The lowest BCUT2D eigenvalue weighted by molar-refractivity contribution is 0.0316. The van der Waals surface area contributed by atoms with Gasteiger partial charge in [-0.1, -0.05) is 11.8 Å². The summed E-state index contributed by atoms with van der Waals surface area (Å²) in [6.45, 7) is 0.911. The molecule has 0 aromatic carbocycles. The van der Waals surface area contributed by atoms with E-state index in [9.17, 15) is 0 Å². The highest BCUT2D eigenvalue weighted by atomic mass is 35.5. The maximum absolute atomic E-state index is 5.55. The summed E-state index contributed by atoms with van der Waals surface area (Å²) in [5.41, 5.74) is 5.55. The van der Waals surface area contributed by atoms with E-state index in [1.807, 2.05) is 0 Å². The van der Waals surface area contributed by atoms with Crippen LogP contribution in [0, 0.1) is 0 Å². The molecule has 5 heteroatoms. The van der Waals surface area contributed by atoms with E-state index in [1.165, 1.54) is 19.3 Å². The van der Waals surface area contributed by atoms with Gasteiger partial charge in [0.25, 0.3) is 0 Å². The third-order valence-corrected chi connectivity index (χ3v) is 2.93. The molecule has 13 heavy (non-hydrogen) atoms. The van der Waals surface area contributed by atoms with Crippen LogP contribution in [-0.2, 0) is 4.74 Å². The van der Waals surface area contributed by atoms with Crippen molar-refractivity contribution in [1.29, 1.82) is 0 Å². The number of nitrogens with zero attached hydrogens (tertiary/aromatic N) is 1. The van der Waals surface area contributed by atoms with Crippen molar-refractivity contribution in [2.45, 2.75) is 25.4 Å². The Bertz CT molecular complexity index is 160. The minimum Gasteiger partial charge on any atom is -0.379 e. The number of hydrogen-bond acceptors (Lipinski definition) is 3. The summed E-state index contributed by atoms with van der Waals surface area (Å²) in [6, 6.07) is 0. The lowest BCUT2D eigenvalue weighted by Gasteiger charge is -2.21. The Morgan fingerprint density at radius 3 is 2.92 bits per heavy atom. The van der Waals surface area contributed by atoms with E-state index in [2.05, 4.69) is 4.99 Å². The van der Waals surface area contributed by atoms with E-state index in [1.54, 1.807) is 18.8 Å². The number of amidine groups is 1. The molecule has 3 nitrogen and oxygen atoms in total. The summed E-state index contributed by atoms with van der Waals surface area (Å²) in [4.78, 5) is 3.87. The van der Waals surface area contributed by atoms with Gasteiger partial charge in [0, 0.05) is 19.4 Å². The van der Waals surface area contributed by atoms with Crippen LogP contribution in [0.4, 0.5) is 0 Å². The fourth-order valence-electron chi connectivity index (χ4n) is 1.18. The molecular formula is C8H17ClN2OS. The highest BCUT2D eigenvalue weighted by Crippen LogP contribution is 2.16. The molecule has 0 spiro atoms. The average Bonchev–Trinajstić information content (AvgIpc) is 2.16. The molecule has 0 amide bonds. The first-order valence-corrected chi connectivity index (χ1v) is 5.28. The summed E-state index contributed by atoms with van der Waals surface area (Å²) < 4.78 is 5.54. The monoisotopic (exact) mass is 224 g/mol. The summed E-state index contributed by atoms with van der Waals surface area (Å²) in [5, 5.41) is 0.657. The zero-order chi connectivity index (χ0) is 8.81. The molecule has 1 atom stereocenters. The normalized spacial score (nSPS) is 23.8. The first-order valence-electron chi connectivity index (χ1n) is 4.29. The Labute approximate surface area is 89.9 Å². The molecule has 1 unspecified atom stereocenters. The number of aliphatic imine (C=N–C) groups is 1. The molecule has 2 N–H and O–H groups in total. The standard InChI is InChI=1S/C8H16N2OS.ClH/c1-10-8(9)12-6-7-4-2-3-5-11-7;/h7H,2-6H2,1H3,(H2,9,10);1H. The number of halogens is 1. The van der Waals surface area contributed by atoms with Gasteiger partial charge in [0.1, 0.15) is 0 Å². The largest absolute Gasteiger partial charge is 0.379 e. The van der Waals surface area contributed by atoms with Crippen molar-refractivity contribution >= 4 is 29.3 Å². The second-order valence-electron chi connectivity index (χ2n) is 2.86. The van der Waals surface area contributed by atoms with Crippen molar-refractivity contribution in [3.8, 4) is 0 Å². The molecular weight excluding hydrogens is 208 g/mol. The predicted octanol–water partition coefficient (Wildman–Crippen LogP) is 1.66. The molecule has 1 aliphatic rings. The van der Waals surface area contributed by atoms with Crippen LogP contribution in [0.2, 0.25) is 0 Å². The van der Waals surface area contributed by atoms with Crippen LogP contribution in [0.15, 0.2) is 4.99 Å². The van der Waals surface area contributed by atoms with E-state index in [4.69, 9.17) is 10.5 Å². The third kappa shape index (κ3) is 5.39. The summed E-state index contributed by atoms with van der Waals surface area (Å²) in [6.07, 6.45) is 4.06. The fourth-order valence-corrected chi connectivity index (χ4v) is 1.93. The number of thioether (sulfide) groups is 1. The van der Waals surface area contributed by atoms with Crippen LogP contribution in [0.25, 0.3) is 0 Å². The Morgan fingerprint density at radius 2 is 2.38 bits per heavy atom. The van der Waals surface area contributed by atoms with Crippen LogP contribution in [-0.4, -0.2) is 30.7 Å². The Kier molecular flexibility index (Phi) is 7.51. The molecule has 0 saturated carbocycles. The van der Waals surface area contributed by atoms with Gasteiger partial charge in [0.2, 0.25) is 0 Å². The van der Waals surface area contributed by atoms with Crippen LogP contribution in [0.5, 0.6) is 0 Å². The number of rotatable bonds is 2. The van der Waals surface area contributed by atoms with Crippen molar-refractivity contribution in [1.82, 2.24) is 0 Å². The van der Waals surface area contributed by atoms with Gasteiger partial charge in [-0.3, -0.25) is 4.99 Å². The lowest BCUT2D eigenvalue weighted by atomic mass is 10.1. The van der Waals surface area contributed by atoms with Crippen molar-refractivity contribution in [3.63, 3.8) is 0 Å². The van der Waals surface area contributed by atoms with Gasteiger partial charge >= 0.3 is 0 Å². The Morgan fingerprint density at radius 1 is 1.62 bits per heavy atom. The molecule has 78 valence electrons. The molecule has 0 bridgehead atoms. The van der Waals surface area contributed by atoms with Gasteiger partial charge in [-0.05, 0) is 19.3 Å². The van der Waals surface area contributed by atoms with Gasteiger partial charge < -0.3 is 10.5 Å². The van der Waals surface area contributed by atoms with Gasteiger partial charge in [0.15, 0.2) is 5.17 Å². The van der Waals surface area contributed by atoms with E-state index in [0.717, 1.165) is 12.4 Å². The molecule has 0 radical (unpaired) electrons. The summed E-state index contributed by atoms with van der Waals surface area (Å²) >= 11 is 1.59. The number of ether oxygens (including phenoxy) is 1. The molecule has 1 saturated heterocycles. The topological polar surface area (TPSA) is 47.6 Å². The number of hydrogen-bond donors (Lipinski definition) is 1. The molecule has 1 aliphatic heterocycles. The molecule has 1 heterocycles. The van der Waals surface area contributed by atoms with Crippen LogP contribution < -0.4 is 5.73 Å². The first kappa shape index (κ1) is 13.1. The second kappa shape index (κ2) is 7.47. The average molecular weight is 225 g/mol. The molecule has 0 aromatic heterocycles. The molecule has 0 aliphatic carbocycles. The van der Waals surface area contributed by atoms with Crippen LogP contribution in [0.3, 0.4) is 0 Å². The maximum Gasteiger partial charge on any atom is 0.153 e. The second-order valence-corrected chi connectivity index (χ2v) is 3.90. The van der Waals surface area contributed by atoms with Crippen molar-refractivity contribution in [2.75, 3.05) is 19.4 Å². The zero-order valence-corrected chi connectivity index (χ0v) is 9.50. The van der Waals surface area contributed by atoms with Gasteiger partial charge in [-0.25, -0.2) is 0 Å². The van der Waals surface area contributed by atoms with Crippen molar-refractivity contribution < 1.29 is 4.74 Å². The smallest absolute Gasteiger partial charge is 0.153 e. The molecule has 1 fully saturated rings. The predicted molar refractivity (Wildman–Crippen MR) is 60.8 cm³/mol. The van der Waals surface area contributed by atoms with Gasteiger partial charge in [0.05, 0.1) is 6.10 Å². The maximum atomic E-state index is 5.55. The Balaban J connectivity index is 0.00000144. The van der Waals surface area contributed by atoms with E-state index >= 15 is 0 Å². The molecule has 0 aromatic rings. The fraction of sp³-hybridized carbons (Fsp3) is 0.875. The van der Waals surface area contributed by atoms with Gasteiger partial charge in [-0.2, -0.15) is 0 Å². The van der Waals surface area contributed by atoms with E-state index < -0.39 is 0 Å². The minimum atomic E-state index is 0.